The molecule has 7 heteroatoms. The van der Waals surface area contributed by atoms with Crippen LogP contribution >= 0.6 is 0 Å². The molecule has 0 aromatic carbocycles. The van der Waals surface area contributed by atoms with E-state index in [2.05, 4.69) is 10.6 Å². The van der Waals surface area contributed by atoms with Crippen LogP contribution in [0.2, 0.25) is 0 Å². The van der Waals surface area contributed by atoms with Crippen molar-refractivity contribution in [1.82, 2.24) is 15.5 Å². The first kappa shape index (κ1) is 15.8. The van der Waals surface area contributed by atoms with Gasteiger partial charge in [0.25, 0.3) is 5.91 Å². The fraction of sp³-hybridized carbons (Fsp3) is 0.800. The van der Waals surface area contributed by atoms with Crippen molar-refractivity contribution in [3.8, 4) is 0 Å². The zero-order valence-corrected chi connectivity index (χ0v) is 10.4. The summed E-state index contributed by atoms with van der Waals surface area (Å²) in [6, 6.07) is 0. The van der Waals surface area contributed by atoms with E-state index >= 15 is 0 Å². The Balaban J connectivity index is 3.75. The lowest BCUT2D eigenvalue weighted by atomic mass is 10.3. The van der Waals surface area contributed by atoms with E-state index < -0.39 is 12.1 Å². The monoisotopic (exact) mass is 246 g/mol. The average Bonchev–Trinajstić information content (AvgIpc) is 2.25. The fourth-order valence-corrected chi connectivity index (χ4v) is 1.16. The van der Waals surface area contributed by atoms with E-state index in [1.54, 1.807) is 0 Å². The Hall–Kier alpha value is -1.18. The molecule has 17 heavy (non-hydrogen) atoms. The van der Waals surface area contributed by atoms with Crippen LogP contribution in [0.15, 0.2) is 0 Å². The van der Waals surface area contributed by atoms with E-state index in [9.17, 15) is 9.59 Å². The van der Waals surface area contributed by atoms with Gasteiger partial charge in [0.15, 0.2) is 6.17 Å². The van der Waals surface area contributed by atoms with Crippen molar-refractivity contribution >= 4 is 11.8 Å². The molecule has 0 aromatic rings. The Bertz CT molecular complexity index is 246. The minimum absolute atomic E-state index is 0.128. The van der Waals surface area contributed by atoms with Crippen molar-refractivity contribution in [1.29, 1.82) is 0 Å². The highest BCUT2D eigenvalue weighted by Gasteiger charge is 2.14. The van der Waals surface area contributed by atoms with Crippen molar-refractivity contribution in [3.05, 3.63) is 0 Å². The van der Waals surface area contributed by atoms with Crippen LogP contribution in [0.5, 0.6) is 0 Å². The molecule has 2 amide bonds. The van der Waals surface area contributed by atoms with Crippen LogP contribution in [0, 0.1) is 0 Å². The Labute approximate surface area is 101 Å². The van der Waals surface area contributed by atoms with Crippen LogP contribution in [-0.2, 0) is 9.59 Å². The van der Waals surface area contributed by atoms with Gasteiger partial charge in [-0.2, -0.15) is 0 Å². The zero-order chi connectivity index (χ0) is 13.3. The van der Waals surface area contributed by atoms with E-state index in [1.165, 1.54) is 0 Å². The van der Waals surface area contributed by atoms with Crippen LogP contribution in [0.25, 0.3) is 0 Å². The predicted octanol–water partition coefficient (Wildman–Crippen LogP) is -2.16. The highest BCUT2D eigenvalue weighted by atomic mass is 16.3. The minimum atomic E-state index is -1.06. The third-order valence-electron chi connectivity index (χ3n) is 2.02. The van der Waals surface area contributed by atoms with Gasteiger partial charge in [0.05, 0.1) is 6.61 Å². The van der Waals surface area contributed by atoms with Crippen molar-refractivity contribution in [3.63, 3.8) is 0 Å². The number of aliphatic hydroxyl groups is 1. The molecule has 0 aromatic heterocycles. The Kier molecular flexibility index (Phi) is 8.29. The van der Waals surface area contributed by atoms with Gasteiger partial charge in [-0.3, -0.25) is 9.59 Å². The largest absolute Gasteiger partial charge is 0.395 e. The summed E-state index contributed by atoms with van der Waals surface area (Å²) in [5.41, 5.74) is 5.45. The highest BCUT2D eigenvalue weighted by molar-refractivity contribution is 5.86. The molecule has 0 aliphatic heterocycles. The molecular formula is C10H22N4O3. The molecule has 1 atom stereocenters. The summed E-state index contributed by atoms with van der Waals surface area (Å²) >= 11 is 0. The summed E-state index contributed by atoms with van der Waals surface area (Å²) in [6.45, 7) is 0.775. The number of hydrogen-bond acceptors (Lipinski definition) is 5. The number of rotatable bonds is 8. The third-order valence-corrected chi connectivity index (χ3v) is 2.02. The Morgan fingerprint density at radius 2 is 2.06 bits per heavy atom. The van der Waals surface area contributed by atoms with Gasteiger partial charge in [0.2, 0.25) is 5.91 Å². The van der Waals surface area contributed by atoms with Gasteiger partial charge < -0.3 is 26.4 Å². The molecule has 0 aliphatic rings. The summed E-state index contributed by atoms with van der Waals surface area (Å²) in [6.07, 6.45) is -0.0170. The number of nitrogens with one attached hydrogen (secondary N) is 2. The molecule has 0 bridgehead atoms. The van der Waals surface area contributed by atoms with Crippen LogP contribution in [0.1, 0.15) is 12.8 Å². The highest BCUT2D eigenvalue weighted by Crippen LogP contribution is 1.91. The molecule has 0 aliphatic carbocycles. The second-order valence-electron chi connectivity index (χ2n) is 3.97. The quantitative estimate of drug-likeness (QED) is 0.365. The number of amides is 2. The normalized spacial score (nSPS) is 12.3. The SMILES string of the molecule is CN(C)CCCC(=O)NC(N)C(=O)NCCO. The molecule has 0 radical (unpaired) electrons. The summed E-state index contributed by atoms with van der Waals surface area (Å²) in [4.78, 5) is 24.6. The van der Waals surface area contributed by atoms with Crippen LogP contribution in [0.4, 0.5) is 0 Å². The van der Waals surface area contributed by atoms with E-state index in [0.717, 1.165) is 6.54 Å². The second kappa shape index (κ2) is 8.91. The summed E-state index contributed by atoms with van der Waals surface area (Å²) in [7, 11) is 3.85. The Morgan fingerprint density at radius 3 is 2.59 bits per heavy atom. The molecule has 7 nitrogen and oxygen atoms in total. The predicted molar refractivity (Wildman–Crippen MR) is 64.0 cm³/mol. The maximum Gasteiger partial charge on any atom is 0.257 e. The summed E-state index contributed by atoms with van der Waals surface area (Å²) in [5, 5.41) is 13.3. The van der Waals surface area contributed by atoms with Gasteiger partial charge >= 0.3 is 0 Å². The maximum absolute atomic E-state index is 11.4. The first-order valence-corrected chi connectivity index (χ1v) is 5.55. The molecule has 5 N–H and O–H groups in total. The van der Waals surface area contributed by atoms with E-state index in [-0.39, 0.29) is 19.1 Å². The zero-order valence-electron chi connectivity index (χ0n) is 10.4. The van der Waals surface area contributed by atoms with Crippen molar-refractivity contribution < 1.29 is 14.7 Å². The minimum Gasteiger partial charge on any atom is -0.395 e. The standard InChI is InChI=1S/C10H22N4O3/c1-14(2)6-3-4-8(16)13-9(11)10(17)12-5-7-15/h9,15H,3-7,11H2,1-2H3,(H,12,17)(H,13,16). The summed E-state index contributed by atoms with van der Waals surface area (Å²) in [5.74, 6) is -0.751. The molecule has 0 saturated carbocycles. The van der Waals surface area contributed by atoms with E-state index in [1.807, 2.05) is 19.0 Å². The number of carbonyl (C=O) groups excluding carboxylic acids is 2. The smallest absolute Gasteiger partial charge is 0.257 e. The first-order valence-electron chi connectivity index (χ1n) is 5.55. The van der Waals surface area contributed by atoms with Gasteiger partial charge in [-0.25, -0.2) is 0 Å². The van der Waals surface area contributed by atoms with Crippen LogP contribution in [0.3, 0.4) is 0 Å². The average molecular weight is 246 g/mol. The van der Waals surface area contributed by atoms with Gasteiger partial charge in [-0.1, -0.05) is 0 Å². The molecule has 0 saturated heterocycles. The molecule has 100 valence electrons. The molecule has 1 unspecified atom stereocenters. The number of carbonyl (C=O) groups is 2. The number of nitrogens with zero attached hydrogens (tertiary/aromatic N) is 1. The van der Waals surface area contributed by atoms with Crippen LogP contribution in [-0.4, -0.2) is 61.8 Å². The molecule has 0 spiro atoms. The topological polar surface area (TPSA) is 108 Å². The second-order valence-corrected chi connectivity index (χ2v) is 3.97. The van der Waals surface area contributed by atoms with Gasteiger partial charge in [-0.15, -0.1) is 0 Å². The third kappa shape index (κ3) is 8.61. The lowest BCUT2D eigenvalue weighted by Crippen LogP contribution is -2.52. The lowest BCUT2D eigenvalue weighted by molar-refractivity contribution is -0.129. The Morgan fingerprint density at radius 1 is 1.41 bits per heavy atom. The molecule has 0 fully saturated rings. The van der Waals surface area contributed by atoms with Gasteiger partial charge in [0.1, 0.15) is 0 Å². The van der Waals surface area contributed by atoms with Crippen molar-refractivity contribution in [2.75, 3.05) is 33.8 Å². The van der Waals surface area contributed by atoms with Crippen LogP contribution < -0.4 is 16.4 Å². The lowest BCUT2D eigenvalue weighted by Gasteiger charge is -2.14. The van der Waals surface area contributed by atoms with E-state index in [0.29, 0.717) is 12.8 Å². The fourth-order valence-electron chi connectivity index (χ4n) is 1.16. The van der Waals surface area contributed by atoms with Crippen molar-refractivity contribution in [2.45, 2.75) is 19.0 Å². The number of aliphatic hydroxyl groups excluding tert-OH is 1. The molecular weight excluding hydrogens is 224 g/mol. The summed E-state index contributed by atoms with van der Waals surface area (Å²) < 4.78 is 0. The first-order chi connectivity index (χ1) is 7.97. The van der Waals surface area contributed by atoms with E-state index in [4.69, 9.17) is 10.8 Å². The number of nitrogens with two attached hydrogens (primary N) is 1. The van der Waals surface area contributed by atoms with Gasteiger partial charge in [0, 0.05) is 13.0 Å². The van der Waals surface area contributed by atoms with Gasteiger partial charge in [-0.05, 0) is 27.1 Å². The van der Waals surface area contributed by atoms with Crippen molar-refractivity contribution in [2.24, 2.45) is 5.73 Å². The molecule has 0 rings (SSSR count). The number of hydrogen-bond donors (Lipinski definition) is 4. The molecule has 0 heterocycles. The maximum atomic E-state index is 11.4.